The molecule has 1 unspecified atom stereocenters. The van der Waals surface area contributed by atoms with Crippen molar-refractivity contribution in [1.29, 1.82) is 0 Å². The van der Waals surface area contributed by atoms with Crippen LogP contribution in [0.2, 0.25) is 30.7 Å². The number of aromatic nitrogens is 2. The molecule has 1 aromatic heterocycles. The van der Waals surface area contributed by atoms with Gasteiger partial charge in [0.1, 0.15) is 18.6 Å². The molecule has 3 rings (SSSR count). The van der Waals surface area contributed by atoms with Crippen LogP contribution in [0.1, 0.15) is 45.3 Å². The summed E-state index contributed by atoms with van der Waals surface area (Å²) in [4.78, 5) is 16.2. The zero-order chi connectivity index (χ0) is 26.4. The van der Waals surface area contributed by atoms with Crippen LogP contribution in [-0.2, 0) is 22.5 Å². The van der Waals surface area contributed by atoms with Gasteiger partial charge in [0.2, 0.25) is 0 Å². The summed E-state index contributed by atoms with van der Waals surface area (Å²) in [5, 5.41) is 5.55. The normalized spacial score (nSPS) is 13.5. The highest BCUT2D eigenvalue weighted by atomic mass is 28.4. The van der Waals surface area contributed by atoms with Crippen LogP contribution in [-0.4, -0.2) is 32.5 Å². The maximum atomic E-state index is 11.4. The van der Waals surface area contributed by atoms with Crippen molar-refractivity contribution in [3.8, 4) is 0 Å². The fourth-order valence-electron chi connectivity index (χ4n) is 4.52. The van der Waals surface area contributed by atoms with Gasteiger partial charge in [0.15, 0.2) is 0 Å². The van der Waals surface area contributed by atoms with Gasteiger partial charge in [0, 0.05) is 20.9 Å². The van der Waals surface area contributed by atoms with Crippen molar-refractivity contribution in [3.05, 3.63) is 83.3 Å². The smallest absolute Gasteiger partial charge is 0.261 e. The van der Waals surface area contributed by atoms with E-state index >= 15 is 0 Å². The molecule has 1 heterocycles. The molecule has 36 heavy (non-hydrogen) atoms. The second-order valence-corrected chi connectivity index (χ2v) is 21.6. The maximum absolute atomic E-state index is 11.4. The van der Waals surface area contributed by atoms with E-state index in [1.165, 1.54) is 10.4 Å². The molecule has 3 aromatic rings. The molecule has 0 fully saturated rings. The Labute approximate surface area is 218 Å². The summed E-state index contributed by atoms with van der Waals surface area (Å²) in [6.45, 7) is 16.9. The summed E-state index contributed by atoms with van der Waals surface area (Å²) in [5.41, 5.74) is 0.780. The Balaban J connectivity index is 1.93. The van der Waals surface area contributed by atoms with Crippen molar-refractivity contribution in [2.45, 2.75) is 77.8 Å². The predicted molar refractivity (Wildman–Crippen MR) is 153 cm³/mol. The SMILES string of the molecule is CC(N=O)c1nc(CO[Si](c2ccccc2)(c2ccccc2)C(C)(C)C)cn1COCC[Si](C)(C)C. The Bertz CT molecular complexity index is 1070. The van der Waals surface area contributed by atoms with Crippen molar-refractivity contribution < 1.29 is 9.16 Å². The van der Waals surface area contributed by atoms with E-state index < -0.39 is 22.4 Å². The van der Waals surface area contributed by atoms with Crippen LogP contribution in [0.5, 0.6) is 0 Å². The van der Waals surface area contributed by atoms with E-state index in [4.69, 9.17) is 14.1 Å². The lowest BCUT2D eigenvalue weighted by molar-refractivity contribution is 0.0844. The summed E-state index contributed by atoms with van der Waals surface area (Å²) in [6.07, 6.45) is 1.95. The zero-order valence-corrected chi connectivity index (χ0v) is 24.8. The van der Waals surface area contributed by atoms with Gasteiger partial charge >= 0.3 is 0 Å². The van der Waals surface area contributed by atoms with Gasteiger partial charge in [-0.2, -0.15) is 4.91 Å². The third kappa shape index (κ3) is 6.67. The number of rotatable bonds is 12. The largest absolute Gasteiger partial charge is 0.401 e. The lowest BCUT2D eigenvalue weighted by Gasteiger charge is -2.42. The van der Waals surface area contributed by atoms with Gasteiger partial charge in [-0.05, 0) is 28.4 Å². The standard InChI is InChI=1S/C28H41N3O3Si2/c1-23(30-32)27-29-24(20-31(27)22-33-18-19-35(5,6)7)21-34-36(28(2,3)4,25-14-10-8-11-15-25)26-16-12-9-13-17-26/h8-17,20,23H,18-19,21-22H2,1-7H3. The molecule has 0 bridgehead atoms. The molecule has 0 saturated carbocycles. The molecular formula is C28H41N3O3Si2. The average Bonchev–Trinajstić information content (AvgIpc) is 3.24. The molecule has 0 saturated heterocycles. The van der Waals surface area contributed by atoms with E-state index in [0.717, 1.165) is 11.7 Å². The number of nitroso groups, excluding NO2 is 1. The summed E-state index contributed by atoms with van der Waals surface area (Å²) in [5.74, 6) is 0.610. The molecule has 0 aliphatic heterocycles. The lowest BCUT2D eigenvalue weighted by Crippen LogP contribution is -2.66. The Morgan fingerprint density at radius 3 is 2.00 bits per heavy atom. The first-order valence-corrected chi connectivity index (χ1v) is 18.3. The van der Waals surface area contributed by atoms with Gasteiger partial charge in [0.05, 0.1) is 12.3 Å². The maximum Gasteiger partial charge on any atom is 0.261 e. The van der Waals surface area contributed by atoms with Crippen molar-refractivity contribution in [2.75, 3.05) is 6.61 Å². The minimum Gasteiger partial charge on any atom is -0.401 e. The molecule has 0 N–H and O–H groups in total. The van der Waals surface area contributed by atoms with Crippen LogP contribution in [0, 0.1) is 4.91 Å². The summed E-state index contributed by atoms with van der Waals surface area (Å²) in [6, 6.07) is 21.6. The fraction of sp³-hybridized carbons (Fsp3) is 0.464. The second kappa shape index (κ2) is 11.8. The molecule has 0 amide bonds. The van der Waals surface area contributed by atoms with Crippen LogP contribution < -0.4 is 10.4 Å². The van der Waals surface area contributed by atoms with Gasteiger partial charge in [-0.1, -0.05) is 106 Å². The Morgan fingerprint density at radius 1 is 0.972 bits per heavy atom. The van der Waals surface area contributed by atoms with Crippen LogP contribution >= 0.6 is 0 Å². The lowest BCUT2D eigenvalue weighted by atomic mass is 10.2. The monoisotopic (exact) mass is 523 g/mol. The molecule has 194 valence electrons. The number of hydrogen-bond donors (Lipinski definition) is 0. The van der Waals surface area contributed by atoms with Crippen molar-refractivity contribution in [1.82, 2.24) is 9.55 Å². The number of ether oxygens (including phenoxy) is 1. The summed E-state index contributed by atoms with van der Waals surface area (Å²) in [7, 11) is -3.87. The quantitative estimate of drug-likeness (QED) is 0.163. The highest BCUT2D eigenvalue weighted by Crippen LogP contribution is 2.37. The highest BCUT2D eigenvalue weighted by molar-refractivity contribution is 6.99. The van der Waals surface area contributed by atoms with E-state index in [0.29, 0.717) is 25.8 Å². The predicted octanol–water partition coefficient (Wildman–Crippen LogP) is 6.10. The van der Waals surface area contributed by atoms with E-state index in [-0.39, 0.29) is 5.04 Å². The van der Waals surface area contributed by atoms with E-state index in [1.54, 1.807) is 6.92 Å². The summed E-state index contributed by atoms with van der Waals surface area (Å²) >= 11 is 0. The van der Waals surface area contributed by atoms with Crippen LogP contribution in [0.4, 0.5) is 0 Å². The van der Waals surface area contributed by atoms with Crippen molar-refractivity contribution in [3.63, 3.8) is 0 Å². The van der Waals surface area contributed by atoms with Crippen LogP contribution in [0.15, 0.2) is 72.0 Å². The van der Waals surface area contributed by atoms with E-state index in [1.807, 2.05) is 22.9 Å². The van der Waals surface area contributed by atoms with E-state index in [9.17, 15) is 4.91 Å². The van der Waals surface area contributed by atoms with E-state index in [2.05, 4.69) is 94.1 Å². The molecule has 0 radical (unpaired) electrons. The Hall–Kier alpha value is -2.40. The van der Waals surface area contributed by atoms with Crippen LogP contribution in [0.25, 0.3) is 0 Å². The first-order chi connectivity index (χ1) is 17.0. The second-order valence-electron chi connectivity index (χ2n) is 11.6. The van der Waals surface area contributed by atoms with Crippen molar-refractivity contribution in [2.24, 2.45) is 5.18 Å². The van der Waals surface area contributed by atoms with Gasteiger partial charge in [-0.15, -0.1) is 0 Å². The number of hydrogen-bond acceptors (Lipinski definition) is 5. The van der Waals surface area contributed by atoms with Gasteiger partial charge in [-0.25, -0.2) is 4.98 Å². The molecule has 8 heteroatoms. The van der Waals surface area contributed by atoms with Gasteiger partial charge < -0.3 is 13.7 Å². The molecule has 6 nitrogen and oxygen atoms in total. The third-order valence-corrected chi connectivity index (χ3v) is 13.2. The first-order valence-electron chi connectivity index (χ1n) is 12.7. The molecule has 0 aliphatic carbocycles. The topological polar surface area (TPSA) is 65.7 Å². The molecule has 0 aliphatic rings. The Morgan fingerprint density at radius 2 is 1.53 bits per heavy atom. The molecule has 0 spiro atoms. The van der Waals surface area contributed by atoms with Crippen LogP contribution in [0.3, 0.4) is 0 Å². The third-order valence-electron chi connectivity index (χ3n) is 6.47. The minimum absolute atomic E-state index is 0.126. The molecule has 1 atom stereocenters. The Kier molecular flexibility index (Phi) is 9.21. The first kappa shape index (κ1) is 28.2. The zero-order valence-electron chi connectivity index (χ0n) is 22.8. The number of benzene rings is 2. The summed E-state index contributed by atoms with van der Waals surface area (Å²) < 4.78 is 14.9. The van der Waals surface area contributed by atoms with Gasteiger partial charge in [-0.3, -0.25) is 0 Å². The average molecular weight is 524 g/mol. The van der Waals surface area contributed by atoms with Crippen molar-refractivity contribution >= 4 is 26.8 Å². The number of imidazole rings is 1. The number of nitrogens with zero attached hydrogens (tertiary/aromatic N) is 3. The molecular weight excluding hydrogens is 482 g/mol. The van der Waals surface area contributed by atoms with Gasteiger partial charge in [0.25, 0.3) is 8.32 Å². The fourth-order valence-corrected chi connectivity index (χ4v) is 9.80. The highest BCUT2D eigenvalue weighted by Gasteiger charge is 2.50. The minimum atomic E-state index is -2.69. The molecule has 2 aromatic carbocycles.